The normalized spacial score (nSPS) is 11.3. The minimum Gasteiger partial charge on any atom is -0.469 e. The molecule has 2 N–H and O–H groups in total. The molecule has 1 aromatic rings. The predicted octanol–water partition coefficient (Wildman–Crippen LogP) is 1.28. The third-order valence-electron chi connectivity index (χ3n) is 2.57. The monoisotopic (exact) mass is 305 g/mol. The Labute approximate surface area is 117 Å². The Bertz CT molecular complexity index is 557. The van der Waals surface area contributed by atoms with Gasteiger partial charge < -0.3 is 10.5 Å². The number of sulfone groups is 1. The van der Waals surface area contributed by atoms with Crippen LogP contribution in [0.25, 0.3) is 0 Å². The van der Waals surface area contributed by atoms with Gasteiger partial charge in [-0.1, -0.05) is 23.7 Å². The molecule has 106 valence electrons. The largest absolute Gasteiger partial charge is 0.469 e. The third-order valence-corrected chi connectivity index (χ3v) is 4.50. The van der Waals surface area contributed by atoms with Crippen molar-refractivity contribution in [3.63, 3.8) is 0 Å². The fourth-order valence-corrected chi connectivity index (χ4v) is 3.18. The molecule has 0 fully saturated rings. The van der Waals surface area contributed by atoms with Crippen LogP contribution in [-0.4, -0.2) is 27.2 Å². The Morgan fingerprint density at radius 3 is 2.63 bits per heavy atom. The molecule has 0 aliphatic rings. The molecule has 7 heteroatoms. The minimum absolute atomic E-state index is 0.155. The number of carbonyl (C=O) groups is 1. The Morgan fingerprint density at radius 1 is 1.42 bits per heavy atom. The number of methoxy groups -OCH3 is 1. The van der Waals surface area contributed by atoms with E-state index in [2.05, 4.69) is 4.74 Å². The van der Waals surface area contributed by atoms with E-state index in [1.165, 1.54) is 7.11 Å². The average molecular weight is 306 g/mol. The summed E-state index contributed by atoms with van der Waals surface area (Å²) in [7, 11) is -2.18. The fraction of sp³-hybridized carbons (Fsp3) is 0.417. The zero-order valence-corrected chi connectivity index (χ0v) is 12.1. The maximum absolute atomic E-state index is 11.8. The number of hydrogen-bond acceptors (Lipinski definition) is 5. The van der Waals surface area contributed by atoms with Gasteiger partial charge >= 0.3 is 5.97 Å². The zero-order valence-electron chi connectivity index (χ0n) is 10.6. The minimum atomic E-state index is -3.40. The van der Waals surface area contributed by atoms with Crippen LogP contribution in [0.15, 0.2) is 18.2 Å². The maximum atomic E-state index is 11.8. The van der Waals surface area contributed by atoms with E-state index >= 15 is 0 Å². The Balaban J connectivity index is 2.75. The van der Waals surface area contributed by atoms with Gasteiger partial charge in [-0.05, 0) is 17.2 Å². The number of halogens is 1. The van der Waals surface area contributed by atoms with Crippen molar-refractivity contribution in [1.29, 1.82) is 0 Å². The topological polar surface area (TPSA) is 86.5 Å². The summed E-state index contributed by atoms with van der Waals surface area (Å²) in [6.07, 6.45) is -0.155. The molecular formula is C12H16ClNO4S. The van der Waals surface area contributed by atoms with Gasteiger partial charge in [-0.3, -0.25) is 4.79 Å². The number of hydrogen-bond donors (Lipinski definition) is 1. The maximum Gasteiger partial charge on any atom is 0.306 e. The quantitative estimate of drug-likeness (QED) is 0.800. The van der Waals surface area contributed by atoms with Crippen LogP contribution in [0, 0.1) is 0 Å². The molecule has 19 heavy (non-hydrogen) atoms. The molecule has 0 saturated carbocycles. The molecule has 0 amide bonds. The summed E-state index contributed by atoms with van der Waals surface area (Å²) >= 11 is 5.99. The molecule has 1 rings (SSSR count). The molecule has 0 saturated heterocycles. The van der Waals surface area contributed by atoms with Gasteiger partial charge in [0.2, 0.25) is 0 Å². The molecule has 0 aliphatic heterocycles. The molecule has 0 aromatic heterocycles. The standard InChI is InChI=1S/C12H16ClNO4S/c1-18-12(15)4-5-19(16,17)8-10-3-2-9(7-14)6-11(10)13/h2-3,6H,4-5,7-8,14H2,1H3. The zero-order chi connectivity index (χ0) is 14.5. The van der Waals surface area contributed by atoms with E-state index in [0.717, 1.165) is 5.56 Å². The van der Waals surface area contributed by atoms with E-state index in [-0.39, 0.29) is 17.9 Å². The van der Waals surface area contributed by atoms with E-state index in [0.29, 0.717) is 17.1 Å². The van der Waals surface area contributed by atoms with Crippen LogP contribution in [0.4, 0.5) is 0 Å². The molecule has 0 aliphatic carbocycles. The van der Waals surface area contributed by atoms with E-state index in [1.807, 2.05) is 0 Å². The van der Waals surface area contributed by atoms with Gasteiger partial charge in [0, 0.05) is 11.6 Å². The summed E-state index contributed by atoms with van der Waals surface area (Å²) in [6, 6.07) is 5.02. The predicted molar refractivity (Wildman–Crippen MR) is 73.5 cm³/mol. The lowest BCUT2D eigenvalue weighted by molar-refractivity contribution is -0.140. The van der Waals surface area contributed by atoms with Gasteiger partial charge in [0.05, 0.1) is 25.0 Å². The van der Waals surface area contributed by atoms with Crippen molar-refractivity contribution < 1.29 is 17.9 Å². The molecule has 5 nitrogen and oxygen atoms in total. The van der Waals surface area contributed by atoms with Crippen LogP contribution < -0.4 is 5.73 Å². The molecule has 0 bridgehead atoms. The van der Waals surface area contributed by atoms with Crippen LogP contribution in [0.5, 0.6) is 0 Å². The lowest BCUT2D eigenvalue weighted by Gasteiger charge is -2.07. The van der Waals surface area contributed by atoms with Gasteiger partial charge in [0.1, 0.15) is 0 Å². The van der Waals surface area contributed by atoms with Gasteiger partial charge in [-0.15, -0.1) is 0 Å². The molecule has 0 heterocycles. The Morgan fingerprint density at radius 2 is 2.11 bits per heavy atom. The highest BCUT2D eigenvalue weighted by molar-refractivity contribution is 7.90. The van der Waals surface area contributed by atoms with Gasteiger partial charge in [0.15, 0.2) is 9.84 Å². The van der Waals surface area contributed by atoms with Crippen molar-refractivity contribution in [2.75, 3.05) is 12.9 Å². The summed E-state index contributed by atoms with van der Waals surface area (Å²) < 4.78 is 28.1. The van der Waals surface area contributed by atoms with E-state index < -0.39 is 15.8 Å². The summed E-state index contributed by atoms with van der Waals surface area (Å²) in [6.45, 7) is 0.342. The van der Waals surface area contributed by atoms with Crippen molar-refractivity contribution in [3.8, 4) is 0 Å². The Kier molecular flexibility index (Phi) is 5.78. The lowest BCUT2D eigenvalue weighted by Crippen LogP contribution is -2.14. The first-order chi connectivity index (χ1) is 8.88. The van der Waals surface area contributed by atoms with Gasteiger partial charge in [0.25, 0.3) is 0 Å². The van der Waals surface area contributed by atoms with Crippen LogP contribution >= 0.6 is 11.6 Å². The molecule has 0 atom stereocenters. The van der Waals surface area contributed by atoms with E-state index in [4.69, 9.17) is 17.3 Å². The smallest absolute Gasteiger partial charge is 0.306 e. The second kappa shape index (κ2) is 6.88. The van der Waals surface area contributed by atoms with Gasteiger partial charge in [-0.2, -0.15) is 0 Å². The first-order valence-electron chi connectivity index (χ1n) is 5.62. The van der Waals surface area contributed by atoms with Crippen LogP contribution in [-0.2, 0) is 31.7 Å². The second-order valence-corrected chi connectivity index (χ2v) is 6.64. The lowest BCUT2D eigenvalue weighted by atomic mass is 10.1. The third kappa shape index (κ3) is 5.18. The van der Waals surface area contributed by atoms with Crippen LogP contribution in [0.1, 0.15) is 17.5 Å². The highest BCUT2D eigenvalue weighted by Crippen LogP contribution is 2.20. The van der Waals surface area contributed by atoms with Crippen molar-refractivity contribution in [2.24, 2.45) is 5.73 Å². The van der Waals surface area contributed by atoms with Crippen molar-refractivity contribution in [1.82, 2.24) is 0 Å². The van der Waals surface area contributed by atoms with Gasteiger partial charge in [-0.25, -0.2) is 8.42 Å². The summed E-state index contributed by atoms with van der Waals surface area (Å²) in [4.78, 5) is 10.9. The highest BCUT2D eigenvalue weighted by Gasteiger charge is 2.16. The fourth-order valence-electron chi connectivity index (χ4n) is 1.48. The molecule has 0 radical (unpaired) electrons. The Hall–Kier alpha value is -1.11. The number of ether oxygens (including phenoxy) is 1. The summed E-state index contributed by atoms with van der Waals surface area (Å²) in [5.74, 6) is -1.00. The summed E-state index contributed by atoms with van der Waals surface area (Å²) in [5.41, 5.74) is 6.80. The molecule has 1 aromatic carbocycles. The van der Waals surface area contributed by atoms with Crippen molar-refractivity contribution in [3.05, 3.63) is 34.3 Å². The van der Waals surface area contributed by atoms with Crippen LogP contribution in [0.3, 0.4) is 0 Å². The first kappa shape index (κ1) is 15.9. The van der Waals surface area contributed by atoms with E-state index in [9.17, 15) is 13.2 Å². The molecular weight excluding hydrogens is 290 g/mol. The number of esters is 1. The number of carbonyl (C=O) groups excluding carboxylic acids is 1. The molecule has 0 unspecified atom stereocenters. The van der Waals surface area contributed by atoms with Crippen LogP contribution in [0.2, 0.25) is 5.02 Å². The summed E-state index contributed by atoms with van der Waals surface area (Å²) in [5, 5.41) is 0.365. The average Bonchev–Trinajstić information content (AvgIpc) is 2.38. The number of benzene rings is 1. The SMILES string of the molecule is COC(=O)CCS(=O)(=O)Cc1ccc(CN)cc1Cl. The molecule has 0 spiro atoms. The number of rotatable bonds is 6. The van der Waals surface area contributed by atoms with Crippen molar-refractivity contribution >= 4 is 27.4 Å². The van der Waals surface area contributed by atoms with Crippen molar-refractivity contribution in [2.45, 2.75) is 18.7 Å². The highest BCUT2D eigenvalue weighted by atomic mass is 35.5. The second-order valence-electron chi connectivity index (χ2n) is 4.05. The number of nitrogens with two attached hydrogens (primary N) is 1. The van der Waals surface area contributed by atoms with E-state index in [1.54, 1.807) is 18.2 Å². The first-order valence-corrected chi connectivity index (χ1v) is 7.82.